The summed E-state index contributed by atoms with van der Waals surface area (Å²) in [5.74, 6) is 0.713. The van der Waals surface area contributed by atoms with Gasteiger partial charge in [-0.3, -0.25) is 14.1 Å². The Balaban J connectivity index is 2.47. The highest BCUT2D eigenvalue weighted by atomic mass is 32.2. The number of thiocarbonyl (C=S) groups is 1. The smallest absolute Gasteiger partial charge is 0.293 e. The monoisotopic (exact) mass is 319 g/mol. The molecule has 1 aromatic carbocycles. The van der Waals surface area contributed by atoms with Crippen molar-refractivity contribution in [2.45, 2.75) is 19.6 Å². The first kappa shape index (κ1) is 16.7. The summed E-state index contributed by atoms with van der Waals surface area (Å²) in [6.45, 7) is 4.12. The van der Waals surface area contributed by atoms with E-state index in [2.05, 4.69) is 5.09 Å². The summed E-state index contributed by atoms with van der Waals surface area (Å²) in [4.78, 5) is 0. The molecular weight excluding hydrogens is 301 g/mol. The van der Waals surface area contributed by atoms with Crippen LogP contribution >= 0.6 is 31.7 Å². The predicted molar refractivity (Wildman–Crippen MR) is 84.3 cm³/mol. The van der Waals surface area contributed by atoms with Gasteiger partial charge in [0.05, 0.1) is 13.2 Å². The quantitative estimate of drug-likeness (QED) is 0.606. The average molecular weight is 319 g/mol. The van der Waals surface area contributed by atoms with Crippen LogP contribution in [-0.4, -0.2) is 17.5 Å². The van der Waals surface area contributed by atoms with Gasteiger partial charge in [-0.2, -0.15) is 0 Å². The summed E-state index contributed by atoms with van der Waals surface area (Å²) < 4.78 is 22.8. The highest BCUT2D eigenvalue weighted by Crippen LogP contribution is 2.44. The molecule has 4 nitrogen and oxygen atoms in total. The molecule has 0 aliphatic carbocycles. The normalized spacial score (nSPS) is 11.3. The number of nitrogens with one attached hydrogen (secondary N) is 1. The molecule has 1 aromatic rings. The lowest BCUT2D eigenvalue weighted by Gasteiger charge is -2.18. The van der Waals surface area contributed by atoms with Crippen LogP contribution in [0.4, 0.5) is 0 Å². The fourth-order valence-corrected chi connectivity index (χ4v) is 4.01. The van der Waals surface area contributed by atoms with E-state index in [4.69, 9.17) is 21.3 Å². The molecule has 19 heavy (non-hydrogen) atoms. The highest BCUT2D eigenvalue weighted by molar-refractivity contribution is 8.22. The molecule has 0 atom stereocenters. The van der Waals surface area contributed by atoms with Crippen molar-refractivity contribution in [1.82, 2.24) is 5.09 Å². The topological polar surface area (TPSA) is 47.6 Å². The summed E-state index contributed by atoms with van der Waals surface area (Å²) in [7, 11) is -3.31. The SMILES string of the molecule is CCOP(=O)(NC(=S)SCc1ccccc1)OCC. The Morgan fingerprint density at radius 2 is 1.84 bits per heavy atom. The minimum atomic E-state index is -3.31. The van der Waals surface area contributed by atoms with Gasteiger partial charge in [-0.05, 0) is 19.4 Å². The third kappa shape index (κ3) is 6.54. The molecule has 0 amide bonds. The Kier molecular flexibility index (Phi) is 7.64. The van der Waals surface area contributed by atoms with Gasteiger partial charge in [0.15, 0.2) is 0 Å². The van der Waals surface area contributed by atoms with E-state index in [1.807, 2.05) is 30.3 Å². The van der Waals surface area contributed by atoms with E-state index in [1.54, 1.807) is 13.8 Å². The first-order valence-corrected chi connectivity index (χ1v) is 8.91. The van der Waals surface area contributed by atoms with Crippen molar-refractivity contribution in [2.24, 2.45) is 0 Å². The Labute approximate surface area is 123 Å². The van der Waals surface area contributed by atoms with Gasteiger partial charge in [0.25, 0.3) is 0 Å². The summed E-state index contributed by atoms with van der Waals surface area (Å²) in [5, 5.41) is 2.67. The molecule has 7 heteroatoms. The summed E-state index contributed by atoms with van der Waals surface area (Å²) in [6, 6.07) is 9.93. The molecule has 0 bridgehead atoms. The van der Waals surface area contributed by atoms with Crippen molar-refractivity contribution < 1.29 is 13.6 Å². The summed E-state index contributed by atoms with van der Waals surface area (Å²) >= 11 is 6.55. The van der Waals surface area contributed by atoms with Gasteiger partial charge in [0.2, 0.25) is 0 Å². The molecule has 0 fully saturated rings. The minimum absolute atomic E-state index is 0.302. The lowest BCUT2D eigenvalue weighted by molar-refractivity contribution is 0.216. The maximum absolute atomic E-state index is 12.2. The van der Waals surface area contributed by atoms with Crippen molar-refractivity contribution in [2.75, 3.05) is 13.2 Å². The maximum Gasteiger partial charge on any atom is 0.433 e. The Morgan fingerprint density at radius 1 is 1.26 bits per heavy atom. The van der Waals surface area contributed by atoms with E-state index >= 15 is 0 Å². The molecular formula is C12H18NO3PS2. The number of hydrogen-bond donors (Lipinski definition) is 1. The lowest BCUT2D eigenvalue weighted by Crippen LogP contribution is -2.18. The second kappa shape index (κ2) is 8.72. The molecule has 0 saturated heterocycles. The first-order valence-electron chi connectivity index (χ1n) is 5.97. The van der Waals surface area contributed by atoms with Gasteiger partial charge >= 0.3 is 7.75 Å². The van der Waals surface area contributed by atoms with Gasteiger partial charge in [0, 0.05) is 5.75 Å². The third-order valence-electron chi connectivity index (χ3n) is 2.04. The predicted octanol–water partition coefficient (Wildman–Crippen LogP) is 3.98. The molecule has 106 valence electrons. The van der Waals surface area contributed by atoms with Gasteiger partial charge in [-0.15, -0.1) is 0 Å². The van der Waals surface area contributed by atoms with Crippen LogP contribution in [0.1, 0.15) is 19.4 Å². The molecule has 1 N–H and O–H groups in total. The largest absolute Gasteiger partial charge is 0.433 e. The van der Waals surface area contributed by atoms with E-state index < -0.39 is 7.75 Å². The van der Waals surface area contributed by atoms with Gasteiger partial charge in [-0.25, -0.2) is 4.57 Å². The van der Waals surface area contributed by atoms with Crippen LogP contribution in [0, 0.1) is 0 Å². The lowest BCUT2D eigenvalue weighted by atomic mass is 10.2. The fraction of sp³-hybridized carbons (Fsp3) is 0.417. The standard InChI is InChI=1S/C12H18NO3PS2/c1-3-15-17(14,16-4-2)13-12(18)19-10-11-8-6-5-7-9-11/h5-9H,3-4,10H2,1-2H3,(H,13,14,18). The molecule has 0 aromatic heterocycles. The zero-order valence-corrected chi connectivity index (χ0v) is 13.5. The number of thioether (sulfide) groups is 1. The summed E-state index contributed by atoms with van der Waals surface area (Å²) in [6.07, 6.45) is 0. The molecule has 0 aliphatic heterocycles. The van der Waals surface area contributed by atoms with E-state index in [0.29, 0.717) is 23.3 Å². The van der Waals surface area contributed by atoms with Crippen molar-refractivity contribution in [3.05, 3.63) is 35.9 Å². The molecule has 1 rings (SSSR count). The van der Waals surface area contributed by atoms with Gasteiger partial charge < -0.3 is 0 Å². The number of rotatable bonds is 7. The van der Waals surface area contributed by atoms with Crippen LogP contribution in [0.2, 0.25) is 0 Å². The van der Waals surface area contributed by atoms with Crippen LogP contribution < -0.4 is 5.09 Å². The molecule has 0 heterocycles. The van der Waals surface area contributed by atoms with Crippen molar-refractivity contribution in [3.8, 4) is 0 Å². The first-order chi connectivity index (χ1) is 9.09. The Bertz CT molecular complexity index is 432. The van der Waals surface area contributed by atoms with E-state index in [1.165, 1.54) is 11.8 Å². The fourth-order valence-electron chi connectivity index (χ4n) is 1.31. The van der Waals surface area contributed by atoms with E-state index in [0.717, 1.165) is 5.56 Å². The number of benzene rings is 1. The second-order valence-electron chi connectivity index (χ2n) is 3.51. The summed E-state index contributed by atoms with van der Waals surface area (Å²) in [5.41, 5.74) is 1.15. The third-order valence-corrected chi connectivity index (χ3v) is 5.33. The van der Waals surface area contributed by atoms with Gasteiger partial charge in [-0.1, -0.05) is 54.3 Å². The van der Waals surface area contributed by atoms with Crippen molar-refractivity contribution in [3.63, 3.8) is 0 Å². The van der Waals surface area contributed by atoms with Crippen molar-refractivity contribution >= 4 is 36.0 Å². The maximum atomic E-state index is 12.2. The van der Waals surface area contributed by atoms with Crippen LogP contribution in [0.25, 0.3) is 0 Å². The Morgan fingerprint density at radius 3 is 2.37 bits per heavy atom. The van der Waals surface area contributed by atoms with Crippen LogP contribution in [0.3, 0.4) is 0 Å². The van der Waals surface area contributed by atoms with Crippen molar-refractivity contribution in [1.29, 1.82) is 0 Å². The zero-order valence-electron chi connectivity index (χ0n) is 11.0. The molecule has 0 spiro atoms. The average Bonchev–Trinajstić information content (AvgIpc) is 2.38. The minimum Gasteiger partial charge on any atom is -0.293 e. The highest BCUT2D eigenvalue weighted by Gasteiger charge is 2.24. The molecule has 0 aliphatic rings. The molecule has 0 radical (unpaired) electrons. The van der Waals surface area contributed by atoms with Crippen LogP contribution in [0.15, 0.2) is 30.3 Å². The van der Waals surface area contributed by atoms with Gasteiger partial charge in [0.1, 0.15) is 4.32 Å². The van der Waals surface area contributed by atoms with E-state index in [-0.39, 0.29) is 0 Å². The number of hydrogen-bond acceptors (Lipinski definition) is 5. The second-order valence-corrected chi connectivity index (χ2v) is 6.89. The molecule has 0 saturated carbocycles. The Hall–Kier alpha value is -0.390. The molecule has 0 unspecified atom stereocenters. The zero-order chi connectivity index (χ0) is 14.1. The van der Waals surface area contributed by atoms with Crippen LogP contribution in [0.5, 0.6) is 0 Å². The van der Waals surface area contributed by atoms with E-state index in [9.17, 15) is 4.57 Å². The van der Waals surface area contributed by atoms with Crippen LogP contribution in [-0.2, 0) is 19.4 Å².